The number of aromatic nitrogens is 1. The van der Waals surface area contributed by atoms with Gasteiger partial charge in [0.15, 0.2) is 4.80 Å². The molecular weight excluding hydrogens is 420 g/mol. The van der Waals surface area contributed by atoms with Crippen molar-refractivity contribution in [1.82, 2.24) is 4.57 Å². The van der Waals surface area contributed by atoms with Crippen LogP contribution in [0.15, 0.2) is 47.5 Å². The van der Waals surface area contributed by atoms with E-state index in [1.165, 1.54) is 11.3 Å². The van der Waals surface area contributed by atoms with Crippen molar-refractivity contribution in [3.63, 3.8) is 0 Å². The number of rotatable bonds is 10. The Labute approximate surface area is 185 Å². The quantitative estimate of drug-likeness (QED) is 0.375. The van der Waals surface area contributed by atoms with E-state index in [2.05, 4.69) is 11.9 Å². The molecule has 1 heterocycles. The first kappa shape index (κ1) is 22.5. The lowest BCUT2D eigenvalue weighted by atomic mass is 10.2. The Morgan fingerprint density at radius 2 is 1.90 bits per heavy atom. The van der Waals surface area contributed by atoms with Crippen molar-refractivity contribution >= 4 is 39.1 Å². The standard InChI is InChI=1S/C23H27ClN2O3S/c1-3-5-6-15-29-18-12-10-17(11-13-18)22(27)25-23-26(14-16-28-4-2)21-19(24)8-7-9-20(21)30-23/h7-13H,3-6,14-16H2,1-2H3. The van der Waals surface area contributed by atoms with Gasteiger partial charge in [0.05, 0.1) is 28.5 Å². The molecule has 7 heteroatoms. The van der Waals surface area contributed by atoms with Crippen molar-refractivity contribution in [2.24, 2.45) is 4.99 Å². The van der Waals surface area contributed by atoms with Crippen LogP contribution in [-0.2, 0) is 11.3 Å². The first-order chi connectivity index (χ1) is 14.6. The van der Waals surface area contributed by atoms with Crippen molar-refractivity contribution in [2.45, 2.75) is 39.7 Å². The maximum Gasteiger partial charge on any atom is 0.279 e. The Bertz CT molecular complexity index is 1040. The second kappa shape index (κ2) is 11.3. The number of thiazole rings is 1. The first-order valence-corrected chi connectivity index (χ1v) is 11.5. The molecule has 0 saturated carbocycles. The smallest absolute Gasteiger partial charge is 0.279 e. The fourth-order valence-corrected chi connectivity index (χ4v) is 4.48. The Morgan fingerprint density at radius 1 is 1.10 bits per heavy atom. The van der Waals surface area contributed by atoms with Gasteiger partial charge in [-0.05, 0) is 49.7 Å². The van der Waals surface area contributed by atoms with Gasteiger partial charge in [-0.2, -0.15) is 4.99 Å². The van der Waals surface area contributed by atoms with Crippen molar-refractivity contribution in [3.05, 3.63) is 57.9 Å². The zero-order valence-electron chi connectivity index (χ0n) is 17.4. The van der Waals surface area contributed by atoms with Crippen LogP contribution in [0.1, 0.15) is 43.5 Å². The molecule has 160 valence electrons. The SMILES string of the molecule is CCCCCOc1ccc(C(=O)N=c2sc3cccc(Cl)c3n2CCOCC)cc1. The van der Waals surface area contributed by atoms with E-state index < -0.39 is 0 Å². The van der Waals surface area contributed by atoms with E-state index in [-0.39, 0.29) is 5.91 Å². The largest absolute Gasteiger partial charge is 0.494 e. The van der Waals surface area contributed by atoms with Gasteiger partial charge < -0.3 is 14.0 Å². The summed E-state index contributed by atoms with van der Waals surface area (Å²) in [7, 11) is 0. The molecule has 3 aromatic rings. The van der Waals surface area contributed by atoms with Crippen LogP contribution in [0, 0.1) is 0 Å². The van der Waals surface area contributed by atoms with E-state index in [9.17, 15) is 4.79 Å². The summed E-state index contributed by atoms with van der Waals surface area (Å²) in [5.41, 5.74) is 1.40. The number of ether oxygens (including phenoxy) is 2. The van der Waals surface area contributed by atoms with Gasteiger partial charge in [-0.25, -0.2) is 0 Å². The number of hydrogen-bond donors (Lipinski definition) is 0. The normalized spacial score (nSPS) is 11.9. The minimum absolute atomic E-state index is 0.291. The van der Waals surface area contributed by atoms with Gasteiger partial charge in [-0.1, -0.05) is 48.8 Å². The first-order valence-electron chi connectivity index (χ1n) is 10.3. The number of fused-ring (bicyclic) bond motifs is 1. The third kappa shape index (κ3) is 5.72. The summed E-state index contributed by atoms with van der Waals surface area (Å²) >= 11 is 7.87. The molecule has 1 aromatic heterocycles. The molecular formula is C23H27ClN2O3S. The minimum Gasteiger partial charge on any atom is -0.494 e. The maximum absolute atomic E-state index is 12.8. The number of hydrogen-bond acceptors (Lipinski definition) is 4. The average Bonchev–Trinajstić information content (AvgIpc) is 3.10. The number of carbonyl (C=O) groups excluding carboxylic acids is 1. The Morgan fingerprint density at radius 3 is 2.63 bits per heavy atom. The molecule has 30 heavy (non-hydrogen) atoms. The second-order valence-corrected chi connectivity index (χ2v) is 8.23. The van der Waals surface area contributed by atoms with E-state index in [4.69, 9.17) is 21.1 Å². The molecule has 0 atom stereocenters. The molecule has 0 radical (unpaired) electrons. The van der Waals surface area contributed by atoms with Gasteiger partial charge in [0.1, 0.15) is 5.75 Å². The number of unbranched alkanes of at least 4 members (excludes halogenated alkanes) is 2. The molecule has 2 aromatic carbocycles. The molecule has 0 aliphatic heterocycles. The van der Waals surface area contributed by atoms with E-state index in [1.807, 2.05) is 41.8 Å². The molecule has 0 N–H and O–H groups in total. The van der Waals surface area contributed by atoms with Crippen molar-refractivity contribution in [3.8, 4) is 5.75 Å². The van der Waals surface area contributed by atoms with Crippen LogP contribution in [0.2, 0.25) is 5.02 Å². The number of benzene rings is 2. The highest BCUT2D eigenvalue weighted by molar-refractivity contribution is 7.16. The van der Waals surface area contributed by atoms with E-state index in [0.29, 0.717) is 41.8 Å². The fourth-order valence-electron chi connectivity index (χ4n) is 3.07. The summed E-state index contributed by atoms with van der Waals surface area (Å²) in [6.45, 7) is 6.54. The molecule has 3 rings (SSSR count). The van der Waals surface area contributed by atoms with Crippen LogP contribution < -0.4 is 9.54 Å². The van der Waals surface area contributed by atoms with E-state index >= 15 is 0 Å². The number of halogens is 1. The Balaban J connectivity index is 1.84. The van der Waals surface area contributed by atoms with Gasteiger partial charge in [0, 0.05) is 18.7 Å². The van der Waals surface area contributed by atoms with Gasteiger partial charge in [-0.15, -0.1) is 0 Å². The minimum atomic E-state index is -0.291. The van der Waals surface area contributed by atoms with E-state index in [0.717, 1.165) is 35.2 Å². The van der Waals surface area contributed by atoms with Crippen molar-refractivity contribution in [1.29, 1.82) is 0 Å². The molecule has 0 saturated heterocycles. The zero-order valence-corrected chi connectivity index (χ0v) is 19.0. The van der Waals surface area contributed by atoms with Crippen LogP contribution in [0.3, 0.4) is 0 Å². The highest BCUT2D eigenvalue weighted by atomic mass is 35.5. The zero-order chi connectivity index (χ0) is 21.3. The number of nitrogens with zero attached hydrogens (tertiary/aromatic N) is 2. The molecule has 0 aliphatic rings. The van der Waals surface area contributed by atoms with Crippen LogP contribution in [-0.4, -0.2) is 30.3 Å². The van der Waals surface area contributed by atoms with Gasteiger partial charge in [0.25, 0.3) is 5.91 Å². The molecule has 5 nitrogen and oxygen atoms in total. The molecule has 0 bridgehead atoms. The molecule has 0 fully saturated rings. The van der Waals surface area contributed by atoms with E-state index in [1.54, 1.807) is 12.1 Å². The lowest BCUT2D eigenvalue weighted by Crippen LogP contribution is -2.20. The Hall–Kier alpha value is -2.15. The lowest BCUT2D eigenvalue weighted by molar-refractivity contribution is 0.0996. The predicted octanol–water partition coefficient (Wildman–Crippen LogP) is 5.70. The van der Waals surface area contributed by atoms with Gasteiger partial charge in [0.2, 0.25) is 0 Å². The maximum atomic E-state index is 12.8. The molecule has 0 unspecified atom stereocenters. The number of amides is 1. The molecule has 0 aliphatic carbocycles. The van der Waals surface area contributed by atoms with Crippen LogP contribution in [0.5, 0.6) is 5.75 Å². The Kier molecular flexibility index (Phi) is 8.49. The summed E-state index contributed by atoms with van der Waals surface area (Å²) in [4.78, 5) is 17.8. The average molecular weight is 447 g/mol. The summed E-state index contributed by atoms with van der Waals surface area (Å²) in [5.74, 6) is 0.475. The predicted molar refractivity (Wildman–Crippen MR) is 123 cm³/mol. The van der Waals surface area contributed by atoms with Gasteiger partial charge >= 0.3 is 0 Å². The highest BCUT2D eigenvalue weighted by Crippen LogP contribution is 2.25. The lowest BCUT2D eigenvalue weighted by Gasteiger charge is -2.07. The summed E-state index contributed by atoms with van der Waals surface area (Å²) < 4.78 is 14.2. The highest BCUT2D eigenvalue weighted by Gasteiger charge is 2.12. The second-order valence-electron chi connectivity index (χ2n) is 6.82. The van der Waals surface area contributed by atoms with Crippen LogP contribution in [0.25, 0.3) is 10.2 Å². The fraction of sp³-hybridized carbons (Fsp3) is 0.391. The summed E-state index contributed by atoms with van der Waals surface area (Å²) in [6.07, 6.45) is 3.34. The van der Waals surface area contributed by atoms with Crippen LogP contribution >= 0.6 is 22.9 Å². The topological polar surface area (TPSA) is 52.8 Å². The number of carbonyl (C=O) groups is 1. The van der Waals surface area contributed by atoms with Crippen LogP contribution in [0.4, 0.5) is 0 Å². The third-order valence-corrected chi connectivity index (χ3v) is 5.98. The summed E-state index contributed by atoms with van der Waals surface area (Å²) in [5, 5.41) is 0.638. The number of para-hydroxylation sites is 1. The van der Waals surface area contributed by atoms with Crippen molar-refractivity contribution < 1.29 is 14.3 Å². The molecule has 0 spiro atoms. The summed E-state index contributed by atoms with van der Waals surface area (Å²) in [6, 6.07) is 12.9. The van der Waals surface area contributed by atoms with Crippen molar-refractivity contribution in [2.75, 3.05) is 19.8 Å². The monoisotopic (exact) mass is 446 g/mol. The molecule has 1 amide bonds. The third-order valence-electron chi connectivity index (χ3n) is 4.63. The van der Waals surface area contributed by atoms with Gasteiger partial charge in [-0.3, -0.25) is 4.79 Å².